The van der Waals surface area contributed by atoms with E-state index in [9.17, 15) is 0 Å². The van der Waals surface area contributed by atoms with E-state index in [2.05, 4.69) is 59.0 Å². The summed E-state index contributed by atoms with van der Waals surface area (Å²) in [5.41, 5.74) is 2.40. The zero-order valence-electron chi connectivity index (χ0n) is 12.2. The number of hydrogen-bond donors (Lipinski definition) is 1. The van der Waals surface area contributed by atoms with Crippen molar-refractivity contribution in [3.8, 4) is 5.75 Å². The second-order valence-corrected chi connectivity index (χ2v) is 5.69. The van der Waals surface area contributed by atoms with E-state index >= 15 is 0 Å². The molecule has 0 aliphatic rings. The lowest BCUT2D eigenvalue weighted by Crippen LogP contribution is -2.19. The first-order chi connectivity index (χ1) is 10.2. The van der Waals surface area contributed by atoms with Crippen LogP contribution >= 0.6 is 15.9 Å². The molecule has 21 heavy (non-hydrogen) atoms. The van der Waals surface area contributed by atoms with Crippen LogP contribution in [0.3, 0.4) is 0 Å². The molecule has 0 fully saturated rings. The molecule has 2 nitrogen and oxygen atoms in total. The molecular formula is C18H20BrNO. The molecular weight excluding hydrogens is 326 g/mol. The van der Waals surface area contributed by atoms with Crippen molar-refractivity contribution in [2.24, 2.45) is 0 Å². The van der Waals surface area contributed by atoms with Crippen LogP contribution in [0.1, 0.15) is 24.1 Å². The van der Waals surface area contributed by atoms with Crippen LogP contribution in [0.2, 0.25) is 0 Å². The average Bonchev–Trinajstić information content (AvgIpc) is 2.52. The van der Waals surface area contributed by atoms with E-state index in [0.29, 0.717) is 6.61 Å². The predicted octanol–water partition coefficient (Wildman–Crippen LogP) is 4.86. The normalized spacial score (nSPS) is 11.9. The van der Waals surface area contributed by atoms with E-state index in [4.69, 9.17) is 4.74 Å². The zero-order chi connectivity index (χ0) is 15.1. The third-order valence-corrected chi connectivity index (χ3v) is 4.02. The fourth-order valence-corrected chi connectivity index (χ4v) is 2.77. The van der Waals surface area contributed by atoms with Gasteiger partial charge in [0.1, 0.15) is 12.4 Å². The Labute approximate surface area is 135 Å². The Kier molecular flexibility index (Phi) is 6.03. The molecule has 1 N–H and O–H groups in total. The van der Waals surface area contributed by atoms with E-state index in [-0.39, 0.29) is 6.04 Å². The second kappa shape index (κ2) is 8.01. The number of para-hydroxylation sites is 1. The molecule has 0 heterocycles. The molecule has 2 aromatic rings. The smallest absolute Gasteiger partial charge is 0.124 e. The molecule has 0 unspecified atom stereocenters. The lowest BCUT2D eigenvalue weighted by Gasteiger charge is -2.17. The van der Waals surface area contributed by atoms with Crippen LogP contribution in [0.15, 0.2) is 65.7 Å². The van der Waals surface area contributed by atoms with Gasteiger partial charge in [0.15, 0.2) is 0 Å². The van der Waals surface area contributed by atoms with Gasteiger partial charge >= 0.3 is 0 Å². The molecule has 0 saturated carbocycles. The number of nitrogens with one attached hydrogen (secondary N) is 1. The molecule has 0 aliphatic heterocycles. The van der Waals surface area contributed by atoms with Crippen LogP contribution in [-0.2, 0) is 6.54 Å². The van der Waals surface area contributed by atoms with Crippen molar-refractivity contribution in [2.45, 2.75) is 19.5 Å². The topological polar surface area (TPSA) is 21.3 Å². The summed E-state index contributed by atoms with van der Waals surface area (Å²) < 4.78 is 6.81. The Morgan fingerprint density at radius 1 is 1.19 bits per heavy atom. The van der Waals surface area contributed by atoms with Gasteiger partial charge in [-0.2, -0.15) is 0 Å². The first-order valence-electron chi connectivity index (χ1n) is 7.01. The maximum Gasteiger partial charge on any atom is 0.124 e. The molecule has 1 atom stereocenters. The molecule has 110 valence electrons. The maximum absolute atomic E-state index is 5.68. The van der Waals surface area contributed by atoms with E-state index < -0.39 is 0 Å². The molecule has 0 radical (unpaired) electrons. The number of benzene rings is 2. The Balaban J connectivity index is 2.03. The van der Waals surface area contributed by atoms with Crippen LogP contribution in [0.25, 0.3) is 0 Å². The number of halogens is 1. The summed E-state index contributed by atoms with van der Waals surface area (Å²) in [5, 5.41) is 3.54. The first kappa shape index (κ1) is 15.8. The molecule has 0 bridgehead atoms. The first-order valence-corrected chi connectivity index (χ1v) is 7.81. The average molecular weight is 346 g/mol. The van der Waals surface area contributed by atoms with Crippen molar-refractivity contribution >= 4 is 15.9 Å². The summed E-state index contributed by atoms with van der Waals surface area (Å²) in [6, 6.07) is 16.6. The minimum Gasteiger partial charge on any atom is -0.489 e. The highest BCUT2D eigenvalue weighted by molar-refractivity contribution is 9.10. The largest absolute Gasteiger partial charge is 0.489 e. The summed E-state index contributed by atoms with van der Waals surface area (Å²) >= 11 is 3.60. The van der Waals surface area contributed by atoms with E-state index in [1.807, 2.05) is 24.3 Å². The minimum atomic E-state index is 0.257. The van der Waals surface area contributed by atoms with Crippen LogP contribution in [0.4, 0.5) is 0 Å². The van der Waals surface area contributed by atoms with Crippen LogP contribution in [0, 0.1) is 0 Å². The Hall–Kier alpha value is -1.58. The fourth-order valence-electron chi connectivity index (χ4n) is 2.14. The standard InChI is InChI=1S/C18H20BrNO/c1-3-12-21-18-11-7-4-8-15(18)13-20-14(2)16-9-5-6-10-17(16)19/h3-11,14,20H,1,12-13H2,2H3/t14-/m0/s1. The third kappa shape index (κ3) is 4.45. The highest BCUT2D eigenvalue weighted by atomic mass is 79.9. The van der Waals surface area contributed by atoms with Crippen molar-refractivity contribution in [3.05, 3.63) is 76.8 Å². The third-order valence-electron chi connectivity index (χ3n) is 3.30. The van der Waals surface area contributed by atoms with Crippen LogP contribution in [0.5, 0.6) is 5.75 Å². The molecule has 0 aromatic heterocycles. The van der Waals surface area contributed by atoms with Crippen molar-refractivity contribution in [3.63, 3.8) is 0 Å². The lowest BCUT2D eigenvalue weighted by atomic mass is 10.1. The highest BCUT2D eigenvalue weighted by Crippen LogP contribution is 2.24. The van der Waals surface area contributed by atoms with Crippen LogP contribution < -0.4 is 10.1 Å². The summed E-state index contributed by atoms with van der Waals surface area (Å²) in [6.45, 7) is 7.13. The molecule has 2 rings (SSSR count). The monoisotopic (exact) mass is 345 g/mol. The summed E-state index contributed by atoms with van der Waals surface area (Å²) in [6.07, 6.45) is 1.76. The van der Waals surface area contributed by atoms with Gasteiger partial charge in [-0.15, -0.1) is 0 Å². The van der Waals surface area contributed by atoms with Crippen molar-refractivity contribution in [1.29, 1.82) is 0 Å². The van der Waals surface area contributed by atoms with Gasteiger partial charge in [0, 0.05) is 22.6 Å². The van der Waals surface area contributed by atoms with Gasteiger partial charge in [-0.05, 0) is 24.6 Å². The molecule has 0 amide bonds. The summed E-state index contributed by atoms with van der Waals surface area (Å²) in [7, 11) is 0. The van der Waals surface area contributed by atoms with Gasteiger partial charge in [0.2, 0.25) is 0 Å². The van der Waals surface area contributed by atoms with Gasteiger partial charge in [0.25, 0.3) is 0 Å². The van der Waals surface area contributed by atoms with Gasteiger partial charge in [-0.3, -0.25) is 0 Å². The zero-order valence-corrected chi connectivity index (χ0v) is 13.8. The molecule has 0 spiro atoms. The van der Waals surface area contributed by atoms with Crippen molar-refractivity contribution in [1.82, 2.24) is 5.32 Å². The Bertz CT molecular complexity index is 597. The summed E-state index contributed by atoms with van der Waals surface area (Å²) in [5.74, 6) is 0.907. The highest BCUT2D eigenvalue weighted by Gasteiger charge is 2.09. The van der Waals surface area contributed by atoms with Crippen molar-refractivity contribution in [2.75, 3.05) is 6.61 Å². The van der Waals surface area contributed by atoms with Gasteiger partial charge < -0.3 is 10.1 Å². The SMILES string of the molecule is C=CCOc1ccccc1CN[C@@H](C)c1ccccc1Br. The number of ether oxygens (including phenoxy) is 1. The van der Waals surface area contributed by atoms with E-state index in [1.165, 1.54) is 5.56 Å². The minimum absolute atomic E-state index is 0.257. The molecule has 0 aliphatic carbocycles. The van der Waals surface area contributed by atoms with Crippen LogP contribution in [-0.4, -0.2) is 6.61 Å². The molecule has 2 aromatic carbocycles. The molecule has 3 heteroatoms. The Morgan fingerprint density at radius 2 is 1.90 bits per heavy atom. The lowest BCUT2D eigenvalue weighted by molar-refractivity contribution is 0.357. The van der Waals surface area contributed by atoms with Crippen molar-refractivity contribution < 1.29 is 4.74 Å². The fraction of sp³-hybridized carbons (Fsp3) is 0.222. The van der Waals surface area contributed by atoms with Gasteiger partial charge in [-0.1, -0.05) is 65.0 Å². The predicted molar refractivity (Wildman–Crippen MR) is 91.5 cm³/mol. The van der Waals surface area contributed by atoms with E-state index in [0.717, 1.165) is 22.3 Å². The Morgan fingerprint density at radius 3 is 2.67 bits per heavy atom. The number of rotatable bonds is 7. The van der Waals surface area contributed by atoms with Gasteiger partial charge in [-0.25, -0.2) is 0 Å². The summed E-state index contributed by atoms with van der Waals surface area (Å²) in [4.78, 5) is 0. The maximum atomic E-state index is 5.68. The number of hydrogen-bond acceptors (Lipinski definition) is 2. The second-order valence-electron chi connectivity index (χ2n) is 4.83. The molecule has 0 saturated heterocycles. The van der Waals surface area contributed by atoms with Gasteiger partial charge in [0.05, 0.1) is 0 Å². The quantitative estimate of drug-likeness (QED) is 0.723. The van der Waals surface area contributed by atoms with E-state index in [1.54, 1.807) is 6.08 Å².